The number of hydrogen-bond acceptors (Lipinski definition) is 5. The van der Waals surface area contributed by atoms with Crippen molar-refractivity contribution in [2.24, 2.45) is 0 Å². The second kappa shape index (κ2) is 11.3. The summed E-state index contributed by atoms with van der Waals surface area (Å²) >= 11 is 0. The fraction of sp³-hybridized carbons (Fsp3) is 0.393. The summed E-state index contributed by atoms with van der Waals surface area (Å²) in [5.74, 6) is -0.494. The lowest BCUT2D eigenvalue weighted by Crippen LogP contribution is -2.33. The molecule has 3 rings (SSSR count). The van der Waals surface area contributed by atoms with Crippen LogP contribution in [0.2, 0.25) is 0 Å². The number of carbonyl (C=O) groups excluding carboxylic acids is 1. The lowest BCUT2D eigenvalue weighted by molar-refractivity contribution is -0.145. The topological polar surface area (TPSA) is 99.8 Å². The van der Waals surface area contributed by atoms with E-state index < -0.39 is 30.2 Å². The molecule has 0 radical (unpaired) electrons. The average molecular weight is 495 g/mol. The molecule has 2 aromatic carbocycles. The number of aromatic nitrogens is 2. The number of unbranched alkanes of at least 4 members (excludes halogenated alkanes) is 1. The molecule has 1 aromatic heterocycles. The molecule has 0 saturated carbocycles. The molecule has 0 saturated heterocycles. The Balaban J connectivity index is 2.04. The van der Waals surface area contributed by atoms with E-state index in [0.717, 1.165) is 11.0 Å². The standard InChI is InChI=1S/C28H34N2O6/c1-6-7-11-23(26(33)35-5)30-24(17-29(27(30)34)18-25(31)32)19-9-8-10-22(16-19)36-21-14-12-20(13-15-21)28(2,3)4/h8-10,12-17,23H,6-7,11,18H2,1-5H3,(H,31,32)/t23-/m0/s1. The SMILES string of the molecule is CCCC[C@@H](C(=O)OC)n1c(-c2cccc(Oc3ccc(C(C)(C)C)cc3)c2)cn(CC(=O)O)c1=O. The van der Waals surface area contributed by atoms with Gasteiger partial charge in [-0.1, -0.05) is 64.8 Å². The van der Waals surface area contributed by atoms with Gasteiger partial charge in [-0.05, 0) is 41.7 Å². The van der Waals surface area contributed by atoms with Gasteiger partial charge in [-0.25, -0.2) is 9.59 Å². The van der Waals surface area contributed by atoms with Gasteiger partial charge in [-0.3, -0.25) is 13.9 Å². The molecule has 0 bridgehead atoms. The van der Waals surface area contributed by atoms with Crippen molar-refractivity contribution in [2.75, 3.05) is 7.11 Å². The molecule has 1 atom stereocenters. The van der Waals surface area contributed by atoms with E-state index in [1.54, 1.807) is 24.3 Å². The summed E-state index contributed by atoms with van der Waals surface area (Å²) in [6.45, 7) is 7.90. The highest BCUT2D eigenvalue weighted by Crippen LogP contribution is 2.31. The maximum absolute atomic E-state index is 13.2. The Hall–Kier alpha value is -3.81. The number of ether oxygens (including phenoxy) is 2. The normalized spacial score (nSPS) is 12.2. The molecule has 0 aliphatic carbocycles. The summed E-state index contributed by atoms with van der Waals surface area (Å²) < 4.78 is 13.5. The molecule has 0 fully saturated rings. The summed E-state index contributed by atoms with van der Waals surface area (Å²) in [7, 11) is 1.28. The van der Waals surface area contributed by atoms with Crippen molar-refractivity contribution in [1.29, 1.82) is 0 Å². The number of hydrogen-bond donors (Lipinski definition) is 1. The van der Waals surface area contributed by atoms with Crippen molar-refractivity contribution in [2.45, 2.75) is 65.0 Å². The fourth-order valence-electron chi connectivity index (χ4n) is 4.04. The third kappa shape index (κ3) is 6.24. The predicted molar refractivity (Wildman–Crippen MR) is 138 cm³/mol. The van der Waals surface area contributed by atoms with Gasteiger partial charge in [-0.2, -0.15) is 0 Å². The molecule has 1 N–H and O–H groups in total. The first-order valence-electron chi connectivity index (χ1n) is 12.0. The van der Waals surface area contributed by atoms with E-state index in [4.69, 9.17) is 9.47 Å². The van der Waals surface area contributed by atoms with Crippen molar-refractivity contribution in [3.05, 3.63) is 70.8 Å². The van der Waals surface area contributed by atoms with Gasteiger partial charge < -0.3 is 14.6 Å². The Kier molecular flexibility index (Phi) is 8.40. The number of benzene rings is 2. The van der Waals surface area contributed by atoms with E-state index in [-0.39, 0.29) is 5.41 Å². The smallest absolute Gasteiger partial charge is 0.329 e. The zero-order chi connectivity index (χ0) is 26.5. The molecule has 0 aliphatic heterocycles. The molecule has 0 spiro atoms. The Morgan fingerprint density at radius 2 is 1.75 bits per heavy atom. The first kappa shape index (κ1) is 26.8. The van der Waals surface area contributed by atoms with Crippen molar-refractivity contribution in [1.82, 2.24) is 9.13 Å². The minimum absolute atomic E-state index is 0.0270. The monoisotopic (exact) mass is 494 g/mol. The van der Waals surface area contributed by atoms with E-state index in [1.807, 2.05) is 31.2 Å². The van der Waals surface area contributed by atoms with Crippen LogP contribution in [0.25, 0.3) is 11.3 Å². The average Bonchev–Trinajstić information content (AvgIpc) is 3.14. The summed E-state index contributed by atoms with van der Waals surface area (Å²) in [5.41, 5.74) is 1.67. The number of carboxylic acid groups (broad SMARTS) is 1. The Morgan fingerprint density at radius 1 is 1.06 bits per heavy atom. The van der Waals surface area contributed by atoms with E-state index in [0.29, 0.717) is 35.6 Å². The molecule has 0 aliphatic rings. The summed E-state index contributed by atoms with van der Waals surface area (Å²) in [6.07, 6.45) is 3.38. The molecule has 36 heavy (non-hydrogen) atoms. The summed E-state index contributed by atoms with van der Waals surface area (Å²) in [6, 6.07) is 14.1. The Bertz CT molecular complexity index is 1260. The van der Waals surface area contributed by atoms with Gasteiger partial charge in [0.1, 0.15) is 24.1 Å². The molecule has 0 amide bonds. The lowest BCUT2D eigenvalue weighted by atomic mass is 9.87. The zero-order valence-electron chi connectivity index (χ0n) is 21.5. The number of rotatable bonds is 10. The number of carbonyl (C=O) groups is 2. The maximum atomic E-state index is 13.2. The van der Waals surface area contributed by atoms with Crippen molar-refractivity contribution in [3.8, 4) is 22.8 Å². The van der Waals surface area contributed by atoms with E-state index in [9.17, 15) is 19.5 Å². The minimum atomic E-state index is -1.15. The van der Waals surface area contributed by atoms with Crippen LogP contribution < -0.4 is 10.4 Å². The number of aliphatic carboxylic acids is 1. The lowest BCUT2D eigenvalue weighted by Gasteiger charge is -2.19. The minimum Gasteiger partial charge on any atom is -0.480 e. The van der Waals surface area contributed by atoms with Gasteiger partial charge in [0.05, 0.1) is 12.8 Å². The second-order valence-corrected chi connectivity index (χ2v) is 9.77. The number of carboxylic acids is 1. The van der Waals surface area contributed by atoms with Crippen LogP contribution in [0, 0.1) is 0 Å². The van der Waals surface area contributed by atoms with Crippen LogP contribution in [0.3, 0.4) is 0 Å². The molecule has 8 nitrogen and oxygen atoms in total. The highest BCUT2D eigenvalue weighted by Gasteiger charge is 2.28. The fourth-order valence-corrected chi connectivity index (χ4v) is 4.04. The summed E-state index contributed by atoms with van der Waals surface area (Å²) in [5, 5.41) is 9.29. The van der Waals surface area contributed by atoms with Gasteiger partial charge >= 0.3 is 17.6 Å². The molecular formula is C28H34N2O6. The first-order valence-corrected chi connectivity index (χ1v) is 12.0. The van der Waals surface area contributed by atoms with Crippen molar-refractivity contribution >= 4 is 11.9 Å². The predicted octanol–water partition coefficient (Wildman–Crippen LogP) is 5.40. The zero-order valence-corrected chi connectivity index (χ0v) is 21.5. The molecule has 1 heterocycles. The largest absolute Gasteiger partial charge is 0.480 e. The van der Waals surface area contributed by atoms with Gasteiger partial charge in [-0.15, -0.1) is 0 Å². The first-order chi connectivity index (χ1) is 17.0. The molecule has 192 valence electrons. The third-order valence-corrected chi connectivity index (χ3v) is 6.00. The van der Waals surface area contributed by atoms with Crippen LogP contribution in [0.1, 0.15) is 58.6 Å². The van der Waals surface area contributed by atoms with Crippen LogP contribution in [-0.2, 0) is 26.3 Å². The number of imidazole rings is 1. The van der Waals surface area contributed by atoms with Gasteiger partial charge in [0.2, 0.25) is 0 Å². The highest BCUT2D eigenvalue weighted by molar-refractivity contribution is 5.76. The van der Waals surface area contributed by atoms with Crippen LogP contribution in [0.15, 0.2) is 59.5 Å². The van der Waals surface area contributed by atoms with Crippen LogP contribution >= 0.6 is 0 Å². The van der Waals surface area contributed by atoms with Crippen molar-refractivity contribution < 1.29 is 24.2 Å². The Labute approximate surface area is 211 Å². The van der Waals surface area contributed by atoms with E-state index in [2.05, 4.69) is 20.8 Å². The van der Waals surface area contributed by atoms with Gasteiger partial charge in [0.15, 0.2) is 0 Å². The molecule has 0 unspecified atom stereocenters. The van der Waals surface area contributed by atoms with Gasteiger partial charge in [0.25, 0.3) is 0 Å². The molecular weight excluding hydrogens is 460 g/mol. The quantitative estimate of drug-likeness (QED) is 0.379. The third-order valence-electron chi connectivity index (χ3n) is 6.00. The van der Waals surface area contributed by atoms with Gasteiger partial charge in [0, 0.05) is 11.8 Å². The number of methoxy groups -OCH3 is 1. The van der Waals surface area contributed by atoms with E-state index in [1.165, 1.54) is 23.4 Å². The van der Waals surface area contributed by atoms with Crippen LogP contribution in [-0.4, -0.2) is 33.3 Å². The van der Waals surface area contributed by atoms with E-state index >= 15 is 0 Å². The molecule has 3 aromatic rings. The van der Waals surface area contributed by atoms with Crippen molar-refractivity contribution in [3.63, 3.8) is 0 Å². The van der Waals surface area contributed by atoms with Crippen LogP contribution in [0.4, 0.5) is 0 Å². The Morgan fingerprint density at radius 3 is 2.33 bits per heavy atom. The van der Waals surface area contributed by atoms with Crippen LogP contribution in [0.5, 0.6) is 11.5 Å². The second-order valence-electron chi connectivity index (χ2n) is 9.77. The molecule has 8 heteroatoms. The summed E-state index contributed by atoms with van der Waals surface area (Å²) in [4.78, 5) is 37.3. The highest BCUT2D eigenvalue weighted by atomic mass is 16.5. The number of esters is 1. The number of nitrogens with zero attached hydrogens (tertiary/aromatic N) is 2. The maximum Gasteiger partial charge on any atom is 0.329 e.